The van der Waals surface area contributed by atoms with Gasteiger partial charge in [0, 0.05) is 18.4 Å². The Labute approximate surface area is 91.4 Å². The van der Waals surface area contributed by atoms with Gasteiger partial charge in [-0.2, -0.15) is 0 Å². The first kappa shape index (κ1) is 10.4. The molecule has 0 radical (unpaired) electrons. The molecule has 2 heterocycles. The standard InChI is InChI=1S/C13H18N2/c1-10(2)13-4-3-12(9-15-13)11-5-7-14-8-6-11/h3-5,9-10,14H,6-8H2,1-2H3. The summed E-state index contributed by atoms with van der Waals surface area (Å²) in [6.45, 7) is 6.41. The first-order chi connectivity index (χ1) is 7.27. The van der Waals surface area contributed by atoms with Crippen LogP contribution in [0.3, 0.4) is 0 Å². The zero-order valence-corrected chi connectivity index (χ0v) is 9.46. The first-order valence-corrected chi connectivity index (χ1v) is 5.63. The van der Waals surface area contributed by atoms with Crippen LogP contribution in [0.25, 0.3) is 5.57 Å². The lowest BCUT2D eigenvalue weighted by Crippen LogP contribution is -2.20. The fraction of sp³-hybridized carbons (Fsp3) is 0.462. The zero-order valence-electron chi connectivity index (χ0n) is 9.46. The minimum Gasteiger partial charge on any atom is -0.313 e. The molecule has 1 aliphatic rings. The summed E-state index contributed by atoms with van der Waals surface area (Å²) in [5.74, 6) is 0.515. The van der Waals surface area contributed by atoms with Crippen molar-refractivity contribution in [2.24, 2.45) is 0 Å². The van der Waals surface area contributed by atoms with Crippen molar-refractivity contribution >= 4 is 5.57 Å². The number of rotatable bonds is 2. The highest BCUT2D eigenvalue weighted by atomic mass is 14.8. The van der Waals surface area contributed by atoms with Crippen LogP contribution in [0.5, 0.6) is 0 Å². The van der Waals surface area contributed by atoms with Gasteiger partial charge in [0.1, 0.15) is 0 Å². The SMILES string of the molecule is CC(C)c1ccc(C2=CCNCC2)cn1. The van der Waals surface area contributed by atoms with Crippen molar-refractivity contribution in [3.8, 4) is 0 Å². The average molecular weight is 202 g/mol. The summed E-state index contributed by atoms with van der Waals surface area (Å²) in [6.07, 6.45) is 5.38. The Kier molecular flexibility index (Phi) is 3.17. The predicted octanol–water partition coefficient (Wildman–Crippen LogP) is 2.58. The molecule has 1 aromatic heterocycles. The van der Waals surface area contributed by atoms with Crippen molar-refractivity contribution in [1.29, 1.82) is 0 Å². The van der Waals surface area contributed by atoms with Crippen LogP contribution in [0.2, 0.25) is 0 Å². The number of aromatic nitrogens is 1. The van der Waals surface area contributed by atoms with Crippen LogP contribution >= 0.6 is 0 Å². The maximum atomic E-state index is 4.49. The lowest BCUT2D eigenvalue weighted by molar-refractivity contribution is 0.738. The Morgan fingerprint density at radius 3 is 2.73 bits per heavy atom. The van der Waals surface area contributed by atoms with E-state index in [1.54, 1.807) is 0 Å². The first-order valence-electron chi connectivity index (χ1n) is 5.63. The fourth-order valence-electron chi connectivity index (χ4n) is 1.82. The summed E-state index contributed by atoms with van der Waals surface area (Å²) in [4.78, 5) is 4.49. The van der Waals surface area contributed by atoms with E-state index in [1.165, 1.54) is 16.8 Å². The van der Waals surface area contributed by atoms with E-state index < -0.39 is 0 Å². The van der Waals surface area contributed by atoms with Crippen LogP contribution in [0.15, 0.2) is 24.4 Å². The molecule has 2 heteroatoms. The summed E-state index contributed by atoms with van der Waals surface area (Å²) in [5, 5.41) is 3.32. The normalized spacial score (nSPS) is 16.6. The maximum absolute atomic E-state index is 4.49. The number of hydrogen-bond acceptors (Lipinski definition) is 2. The Morgan fingerprint density at radius 2 is 2.20 bits per heavy atom. The molecule has 0 unspecified atom stereocenters. The fourth-order valence-corrected chi connectivity index (χ4v) is 1.82. The Morgan fingerprint density at radius 1 is 1.33 bits per heavy atom. The van der Waals surface area contributed by atoms with Gasteiger partial charge in [-0.25, -0.2) is 0 Å². The highest BCUT2D eigenvalue weighted by Crippen LogP contribution is 2.20. The van der Waals surface area contributed by atoms with Gasteiger partial charge in [-0.1, -0.05) is 26.0 Å². The molecule has 1 aromatic rings. The van der Waals surface area contributed by atoms with Crippen molar-refractivity contribution in [3.63, 3.8) is 0 Å². The molecule has 0 amide bonds. The number of nitrogens with zero attached hydrogens (tertiary/aromatic N) is 1. The summed E-state index contributed by atoms with van der Waals surface area (Å²) in [7, 11) is 0. The van der Waals surface area contributed by atoms with E-state index in [1.807, 2.05) is 6.20 Å². The predicted molar refractivity (Wildman–Crippen MR) is 63.8 cm³/mol. The van der Waals surface area contributed by atoms with Crippen molar-refractivity contribution in [2.45, 2.75) is 26.2 Å². The summed E-state index contributed by atoms with van der Waals surface area (Å²) < 4.78 is 0. The lowest BCUT2D eigenvalue weighted by Gasteiger charge is -2.14. The molecule has 2 nitrogen and oxygen atoms in total. The quantitative estimate of drug-likeness (QED) is 0.797. The van der Waals surface area contributed by atoms with Crippen molar-refractivity contribution in [1.82, 2.24) is 10.3 Å². The molecular formula is C13H18N2. The molecule has 1 aliphatic heterocycles. The molecule has 1 N–H and O–H groups in total. The third-order valence-corrected chi connectivity index (χ3v) is 2.81. The molecule has 0 bridgehead atoms. The molecule has 0 spiro atoms. The van der Waals surface area contributed by atoms with Crippen LogP contribution in [0, 0.1) is 0 Å². The summed E-state index contributed by atoms with van der Waals surface area (Å²) in [5.41, 5.74) is 3.88. The van der Waals surface area contributed by atoms with E-state index in [4.69, 9.17) is 0 Å². The molecule has 80 valence electrons. The summed E-state index contributed by atoms with van der Waals surface area (Å²) >= 11 is 0. The van der Waals surface area contributed by atoms with Gasteiger partial charge >= 0.3 is 0 Å². The second-order valence-electron chi connectivity index (χ2n) is 4.31. The molecule has 0 atom stereocenters. The summed E-state index contributed by atoms with van der Waals surface area (Å²) in [6, 6.07) is 4.34. The molecule has 15 heavy (non-hydrogen) atoms. The van der Waals surface area contributed by atoms with E-state index in [0.717, 1.165) is 19.5 Å². The van der Waals surface area contributed by atoms with Gasteiger partial charge < -0.3 is 5.32 Å². The lowest BCUT2D eigenvalue weighted by atomic mass is 10.0. The van der Waals surface area contributed by atoms with E-state index >= 15 is 0 Å². The average Bonchev–Trinajstić information content (AvgIpc) is 2.30. The van der Waals surface area contributed by atoms with Gasteiger partial charge in [0.2, 0.25) is 0 Å². The number of nitrogens with one attached hydrogen (secondary N) is 1. The zero-order chi connectivity index (χ0) is 10.7. The van der Waals surface area contributed by atoms with Gasteiger partial charge in [-0.15, -0.1) is 0 Å². The molecule has 2 rings (SSSR count). The van der Waals surface area contributed by atoms with E-state index in [2.05, 4.69) is 42.4 Å². The monoisotopic (exact) mass is 202 g/mol. The van der Waals surface area contributed by atoms with Crippen LogP contribution in [0.4, 0.5) is 0 Å². The van der Waals surface area contributed by atoms with Crippen molar-refractivity contribution in [3.05, 3.63) is 35.7 Å². The van der Waals surface area contributed by atoms with E-state index in [9.17, 15) is 0 Å². The number of hydrogen-bond donors (Lipinski definition) is 1. The minimum absolute atomic E-state index is 0.515. The van der Waals surface area contributed by atoms with Crippen LogP contribution in [-0.2, 0) is 0 Å². The third-order valence-electron chi connectivity index (χ3n) is 2.81. The Balaban J connectivity index is 2.19. The van der Waals surface area contributed by atoms with Gasteiger partial charge in [-0.05, 0) is 36.1 Å². The second kappa shape index (κ2) is 4.58. The van der Waals surface area contributed by atoms with Crippen LogP contribution in [0.1, 0.15) is 37.4 Å². The number of pyridine rings is 1. The topological polar surface area (TPSA) is 24.9 Å². The second-order valence-corrected chi connectivity index (χ2v) is 4.31. The minimum atomic E-state index is 0.515. The van der Waals surface area contributed by atoms with Gasteiger partial charge in [-0.3, -0.25) is 4.98 Å². The third kappa shape index (κ3) is 2.45. The largest absolute Gasteiger partial charge is 0.313 e. The molecule has 0 saturated heterocycles. The van der Waals surface area contributed by atoms with Crippen molar-refractivity contribution < 1.29 is 0 Å². The van der Waals surface area contributed by atoms with E-state index in [0.29, 0.717) is 5.92 Å². The van der Waals surface area contributed by atoms with Crippen LogP contribution < -0.4 is 5.32 Å². The highest BCUT2D eigenvalue weighted by molar-refractivity contribution is 5.65. The van der Waals surface area contributed by atoms with Gasteiger partial charge in [0.05, 0.1) is 0 Å². The Bertz CT molecular complexity index is 349. The van der Waals surface area contributed by atoms with Gasteiger partial charge in [0.25, 0.3) is 0 Å². The van der Waals surface area contributed by atoms with E-state index in [-0.39, 0.29) is 0 Å². The Hall–Kier alpha value is -1.15. The molecule has 0 fully saturated rings. The highest BCUT2D eigenvalue weighted by Gasteiger charge is 2.06. The molecule has 0 aromatic carbocycles. The smallest absolute Gasteiger partial charge is 0.0429 e. The molecule has 0 aliphatic carbocycles. The molecule has 0 saturated carbocycles. The van der Waals surface area contributed by atoms with Crippen molar-refractivity contribution in [2.75, 3.05) is 13.1 Å². The van der Waals surface area contributed by atoms with Crippen LogP contribution in [-0.4, -0.2) is 18.1 Å². The molecular weight excluding hydrogens is 184 g/mol. The van der Waals surface area contributed by atoms with Gasteiger partial charge in [0.15, 0.2) is 0 Å². The maximum Gasteiger partial charge on any atom is 0.0429 e.